The molecule has 0 radical (unpaired) electrons. The third-order valence-corrected chi connectivity index (χ3v) is 8.75. The van der Waals surface area contributed by atoms with Crippen LogP contribution in [-0.4, -0.2) is 75.8 Å². The van der Waals surface area contributed by atoms with E-state index in [1.165, 1.54) is 0 Å². The van der Waals surface area contributed by atoms with Crippen molar-refractivity contribution in [2.75, 3.05) is 37.2 Å². The Kier molecular flexibility index (Phi) is 13.4. The van der Waals surface area contributed by atoms with Crippen molar-refractivity contribution in [1.82, 2.24) is 29.7 Å². The van der Waals surface area contributed by atoms with Gasteiger partial charge in [-0.3, -0.25) is 14.2 Å². The lowest BCUT2D eigenvalue weighted by molar-refractivity contribution is -0.146. The molecule has 3 rings (SSSR count). The minimum Gasteiger partial charge on any atom is -0.465 e. The van der Waals surface area contributed by atoms with Crippen molar-refractivity contribution in [3.63, 3.8) is 0 Å². The number of carbonyl (C=O) groups is 2. The number of hydrogen-bond donors (Lipinski definition) is 4. The first-order valence-corrected chi connectivity index (χ1v) is 16.9. The van der Waals surface area contributed by atoms with Gasteiger partial charge in [0.1, 0.15) is 18.4 Å². The lowest BCUT2D eigenvalue weighted by Crippen LogP contribution is -2.44. The van der Waals surface area contributed by atoms with Crippen LogP contribution in [0.1, 0.15) is 79.1 Å². The van der Waals surface area contributed by atoms with Crippen LogP contribution >= 0.6 is 7.44 Å². The fraction of sp³-hybridized carbons (Fsp3) is 0.741. The predicted molar refractivity (Wildman–Crippen MR) is 161 cm³/mol. The molecular formula is C27H47N8O6P. The molecule has 0 aliphatic heterocycles. The maximum atomic E-state index is 14.2. The van der Waals surface area contributed by atoms with Gasteiger partial charge < -0.3 is 29.8 Å². The number of imidazole rings is 1. The minimum absolute atomic E-state index is 0.138. The molecule has 0 unspecified atom stereocenters. The van der Waals surface area contributed by atoms with Crippen molar-refractivity contribution >= 4 is 42.3 Å². The van der Waals surface area contributed by atoms with Gasteiger partial charge in [-0.25, -0.2) is 15.2 Å². The Balaban J connectivity index is 1.68. The number of esters is 2. The standard InChI is InChI=1S/C27H47N8O6P/c1-5-9-14-40-25(36)20(7-3)33-42(38,34-21(8-4)26(37)41-15-10-6-2)18-39-16-13-35-17-29-22-23(30-19-11-12-19)31-27(28)32-24(22)35/h17,19-21H,5-16,18H2,1-4H3,(H2,33,34,38)(H3,28,30,31,32)/t20-,21-/m0/s1. The largest absolute Gasteiger partial charge is 0.465 e. The van der Waals surface area contributed by atoms with E-state index >= 15 is 0 Å². The monoisotopic (exact) mass is 610 g/mol. The molecule has 2 heterocycles. The summed E-state index contributed by atoms with van der Waals surface area (Å²) >= 11 is 0. The summed E-state index contributed by atoms with van der Waals surface area (Å²) in [6.45, 7) is 8.67. The molecule has 1 aliphatic rings. The molecule has 0 saturated heterocycles. The summed E-state index contributed by atoms with van der Waals surface area (Å²) in [4.78, 5) is 38.5. The first-order chi connectivity index (χ1) is 20.2. The highest BCUT2D eigenvalue weighted by molar-refractivity contribution is 7.59. The van der Waals surface area contributed by atoms with Crippen LogP contribution in [0.2, 0.25) is 0 Å². The molecule has 1 fully saturated rings. The van der Waals surface area contributed by atoms with Gasteiger partial charge in [0.2, 0.25) is 13.4 Å². The molecule has 1 saturated carbocycles. The number of anilines is 2. The van der Waals surface area contributed by atoms with E-state index in [4.69, 9.17) is 19.9 Å². The van der Waals surface area contributed by atoms with Crippen molar-refractivity contribution in [3.8, 4) is 0 Å². The number of ether oxygens (including phenoxy) is 3. The van der Waals surface area contributed by atoms with Gasteiger partial charge in [-0.05, 0) is 38.5 Å². The van der Waals surface area contributed by atoms with Crippen LogP contribution in [0.15, 0.2) is 6.33 Å². The number of rotatable bonds is 21. The van der Waals surface area contributed by atoms with Crippen molar-refractivity contribution in [2.24, 2.45) is 0 Å². The average Bonchev–Trinajstić information content (AvgIpc) is 3.70. The number of unbranched alkanes of at least 4 members (excludes halogenated alkanes) is 2. The molecule has 2 aromatic rings. The molecule has 0 spiro atoms. The van der Waals surface area contributed by atoms with E-state index in [2.05, 4.69) is 30.4 Å². The number of hydrogen-bond acceptors (Lipinski definition) is 11. The Bertz CT molecular complexity index is 1170. The number of nitrogen functional groups attached to an aromatic ring is 1. The van der Waals surface area contributed by atoms with E-state index in [1.54, 1.807) is 24.7 Å². The number of fused-ring (bicyclic) bond motifs is 1. The molecule has 42 heavy (non-hydrogen) atoms. The van der Waals surface area contributed by atoms with Gasteiger partial charge >= 0.3 is 11.9 Å². The lowest BCUT2D eigenvalue weighted by Gasteiger charge is -2.28. The van der Waals surface area contributed by atoms with E-state index in [0.29, 0.717) is 42.4 Å². The summed E-state index contributed by atoms with van der Waals surface area (Å²) in [5, 5.41) is 9.19. The highest BCUT2D eigenvalue weighted by atomic mass is 31.2. The third kappa shape index (κ3) is 10.2. The zero-order valence-corrected chi connectivity index (χ0v) is 26.2. The highest BCUT2D eigenvalue weighted by Gasteiger charge is 2.34. The fourth-order valence-electron chi connectivity index (χ4n) is 4.07. The number of nitrogens with one attached hydrogen (secondary N) is 3. The second-order valence-electron chi connectivity index (χ2n) is 10.5. The lowest BCUT2D eigenvalue weighted by atomic mass is 10.2. The molecule has 15 heteroatoms. The SMILES string of the molecule is CCCCOC(=O)[C@H](CC)NP(=O)(COCCn1cnc2c(NC3CC3)nc(N)nc21)N[C@@H](CC)C(=O)OCCCC. The highest BCUT2D eigenvalue weighted by Crippen LogP contribution is 2.38. The topological polar surface area (TPSA) is 185 Å². The van der Waals surface area contributed by atoms with Gasteiger partial charge in [0.25, 0.3) is 0 Å². The van der Waals surface area contributed by atoms with Gasteiger partial charge in [-0.1, -0.05) is 40.5 Å². The maximum absolute atomic E-state index is 14.2. The number of aromatic nitrogens is 4. The predicted octanol–water partition coefficient (Wildman–Crippen LogP) is 3.57. The van der Waals surface area contributed by atoms with Crippen LogP contribution in [0, 0.1) is 0 Å². The van der Waals surface area contributed by atoms with E-state index in [1.807, 2.05) is 13.8 Å². The smallest absolute Gasteiger partial charge is 0.323 e. The van der Waals surface area contributed by atoms with E-state index < -0.39 is 31.5 Å². The van der Waals surface area contributed by atoms with Gasteiger partial charge in [0.05, 0.1) is 26.1 Å². The van der Waals surface area contributed by atoms with Crippen LogP contribution in [0.5, 0.6) is 0 Å². The minimum atomic E-state index is -3.63. The van der Waals surface area contributed by atoms with E-state index in [0.717, 1.165) is 38.5 Å². The van der Waals surface area contributed by atoms with Crippen molar-refractivity contribution < 1.29 is 28.4 Å². The number of nitrogens with zero attached hydrogens (tertiary/aromatic N) is 4. The summed E-state index contributed by atoms with van der Waals surface area (Å²) in [6.07, 6.45) is 7.43. The summed E-state index contributed by atoms with van der Waals surface area (Å²) in [6, 6.07) is -1.31. The molecular weight excluding hydrogens is 563 g/mol. The molecule has 5 N–H and O–H groups in total. The van der Waals surface area contributed by atoms with Crippen LogP contribution < -0.4 is 21.2 Å². The van der Waals surface area contributed by atoms with Crippen molar-refractivity contribution in [3.05, 3.63) is 6.33 Å². The Morgan fingerprint density at radius 2 is 1.60 bits per heavy atom. The summed E-state index contributed by atoms with van der Waals surface area (Å²) in [5.74, 6) is -0.252. The van der Waals surface area contributed by atoms with Gasteiger partial charge in [0.15, 0.2) is 17.0 Å². The Labute approximate surface area is 247 Å². The molecule has 0 aromatic carbocycles. The van der Waals surface area contributed by atoms with E-state index in [-0.39, 0.29) is 32.1 Å². The summed E-state index contributed by atoms with van der Waals surface area (Å²) < 4.78 is 32.6. The second kappa shape index (κ2) is 16.7. The zero-order valence-electron chi connectivity index (χ0n) is 25.3. The third-order valence-electron chi connectivity index (χ3n) is 6.75. The average molecular weight is 611 g/mol. The number of carbonyl (C=O) groups excluding carboxylic acids is 2. The first kappa shape index (κ1) is 33.7. The summed E-state index contributed by atoms with van der Waals surface area (Å²) in [5.41, 5.74) is 7.12. The van der Waals surface area contributed by atoms with Crippen LogP contribution in [0.3, 0.4) is 0 Å². The maximum Gasteiger partial charge on any atom is 0.323 e. The van der Waals surface area contributed by atoms with Crippen molar-refractivity contribution in [1.29, 1.82) is 0 Å². The zero-order chi connectivity index (χ0) is 30.5. The van der Waals surface area contributed by atoms with Crippen LogP contribution in [0.4, 0.5) is 11.8 Å². The molecule has 2 atom stereocenters. The first-order valence-electron chi connectivity index (χ1n) is 15.0. The summed E-state index contributed by atoms with van der Waals surface area (Å²) in [7, 11) is -3.63. The molecule has 14 nitrogen and oxygen atoms in total. The second-order valence-corrected chi connectivity index (χ2v) is 12.7. The normalized spacial score (nSPS) is 15.0. The molecule has 236 valence electrons. The molecule has 1 aliphatic carbocycles. The Morgan fingerprint density at radius 3 is 2.12 bits per heavy atom. The van der Waals surface area contributed by atoms with Gasteiger partial charge in [-0.2, -0.15) is 9.97 Å². The van der Waals surface area contributed by atoms with Gasteiger partial charge in [0, 0.05) is 12.6 Å². The molecule has 2 aromatic heterocycles. The van der Waals surface area contributed by atoms with Crippen molar-refractivity contribution in [2.45, 2.75) is 104 Å². The van der Waals surface area contributed by atoms with Gasteiger partial charge in [-0.15, -0.1) is 0 Å². The Hall–Kier alpha value is -2.80. The number of nitrogens with two attached hydrogens (primary N) is 1. The van der Waals surface area contributed by atoms with Crippen LogP contribution in [0.25, 0.3) is 11.2 Å². The Morgan fingerprint density at radius 1 is 1.00 bits per heavy atom. The fourth-order valence-corrected chi connectivity index (χ4v) is 6.27. The van der Waals surface area contributed by atoms with Crippen LogP contribution in [-0.2, 0) is 34.9 Å². The molecule has 0 amide bonds. The quantitative estimate of drug-likeness (QED) is 0.0914. The van der Waals surface area contributed by atoms with E-state index in [9.17, 15) is 14.2 Å². The molecule has 0 bridgehead atoms.